The van der Waals surface area contributed by atoms with Crippen molar-refractivity contribution in [3.05, 3.63) is 29.8 Å². The summed E-state index contributed by atoms with van der Waals surface area (Å²) in [4.78, 5) is 0.0275. The van der Waals surface area contributed by atoms with Crippen LogP contribution in [0.25, 0.3) is 0 Å². The van der Waals surface area contributed by atoms with Gasteiger partial charge in [-0.2, -0.15) is 13.2 Å². The van der Waals surface area contributed by atoms with Gasteiger partial charge in [-0.3, -0.25) is 0 Å². The maximum absolute atomic E-state index is 12.8. The van der Waals surface area contributed by atoms with Gasteiger partial charge in [0, 0.05) is 4.90 Å². The molecule has 17 heavy (non-hydrogen) atoms. The fourth-order valence-corrected chi connectivity index (χ4v) is 2.19. The van der Waals surface area contributed by atoms with Gasteiger partial charge in [0.25, 0.3) is 0 Å². The molecule has 0 saturated carbocycles. The van der Waals surface area contributed by atoms with Crippen LogP contribution in [0.4, 0.5) is 22.0 Å². The summed E-state index contributed by atoms with van der Waals surface area (Å²) in [6.07, 6.45) is -4.69. The Bertz CT molecular complexity index is 379. The van der Waals surface area contributed by atoms with E-state index in [4.69, 9.17) is 5.73 Å². The van der Waals surface area contributed by atoms with E-state index >= 15 is 0 Å². The Balaban J connectivity index is 2.82. The zero-order valence-corrected chi connectivity index (χ0v) is 9.42. The van der Waals surface area contributed by atoms with Crippen molar-refractivity contribution < 1.29 is 22.0 Å². The standard InChI is InChI=1S/C10H10F5NS/c11-7-2-1-6(5-8(7)12)17-9(3-4-16)10(13,14)15/h1-2,5,9H,3-4,16H2. The van der Waals surface area contributed by atoms with Crippen LogP contribution in [0.5, 0.6) is 0 Å². The van der Waals surface area contributed by atoms with Crippen LogP contribution in [0.3, 0.4) is 0 Å². The van der Waals surface area contributed by atoms with Crippen LogP contribution in [0, 0.1) is 11.6 Å². The van der Waals surface area contributed by atoms with Crippen molar-refractivity contribution in [2.45, 2.75) is 22.7 Å². The van der Waals surface area contributed by atoms with Crippen LogP contribution >= 0.6 is 11.8 Å². The van der Waals surface area contributed by atoms with Crippen molar-refractivity contribution in [2.24, 2.45) is 5.73 Å². The lowest BCUT2D eigenvalue weighted by Crippen LogP contribution is -2.28. The first kappa shape index (κ1) is 14.2. The van der Waals surface area contributed by atoms with Crippen molar-refractivity contribution in [1.82, 2.24) is 0 Å². The highest BCUT2D eigenvalue weighted by molar-refractivity contribution is 8.00. The van der Waals surface area contributed by atoms with Crippen molar-refractivity contribution in [2.75, 3.05) is 6.54 Å². The van der Waals surface area contributed by atoms with E-state index in [1.807, 2.05) is 0 Å². The minimum atomic E-state index is -4.42. The molecule has 0 aliphatic heterocycles. The molecule has 0 fully saturated rings. The smallest absolute Gasteiger partial charge is 0.330 e. The molecular formula is C10H10F5NS. The van der Waals surface area contributed by atoms with Gasteiger partial charge in [-0.1, -0.05) is 0 Å². The first-order chi connectivity index (χ1) is 7.84. The Morgan fingerprint density at radius 3 is 2.29 bits per heavy atom. The summed E-state index contributed by atoms with van der Waals surface area (Å²) < 4.78 is 63.0. The quantitative estimate of drug-likeness (QED) is 0.671. The normalized spacial score (nSPS) is 13.8. The molecule has 7 heteroatoms. The molecule has 0 spiro atoms. The molecule has 1 aromatic rings. The lowest BCUT2D eigenvalue weighted by atomic mass is 10.3. The van der Waals surface area contributed by atoms with Crippen LogP contribution in [-0.2, 0) is 0 Å². The summed E-state index contributed by atoms with van der Waals surface area (Å²) in [7, 11) is 0. The second kappa shape index (κ2) is 5.68. The van der Waals surface area contributed by atoms with Crippen LogP contribution in [0.2, 0.25) is 0 Å². The van der Waals surface area contributed by atoms with E-state index in [-0.39, 0.29) is 17.9 Å². The third-order valence-electron chi connectivity index (χ3n) is 1.96. The molecule has 0 aliphatic rings. The highest BCUT2D eigenvalue weighted by Gasteiger charge is 2.39. The highest BCUT2D eigenvalue weighted by atomic mass is 32.2. The Kier molecular flexibility index (Phi) is 4.76. The molecule has 1 aromatic carbocycles. The number of halogens is 5. The fraction of sp³-hybridized carbons (Fsp3) is 0.400. The van der Waals surface area contributed by atoms with E-state index in [0.717, 1.165) is 18.2 Å². The maximum Gasteiger partial charge on any atom is 0.400 e. The van der Waals surface area contributed by atoms with Gasteiger partial charge in [0.15, 0.2) is 11.6 Å². The Morgan fingerprint density at radius 1 is 1.18 bits per heavy atom. The minimum absolute atomic E-state index is 0.0275. The molecule has 1 nitrogen and oxygen atoms in total. The van der Waals surface area contributed by atoms with Crippen LogP contribution < -0.4 is 5.73 Å². The first-order valence-corrected chi connectivity index (χ1v) is 5.61. The summed E-state index contributed by atoms with van der Waals surface area (Å²) in [6, 6.07) is 2.65. The topological polar surface area (TPSA) is 26.0 Å². The van der Waals surface area contributed by atoms with Gasteiger partial charge in [0.2, 0.25) is 0 Å². The summed E-state index contributed by atoms with van der Waals surface area (Å²) in [6.45, 7) is -0.124. The minimum Gasteiger partial charge on any atom is -0.330 e. The Hall–Kier alpha value is -0.820. The number of hydrogen-bond acceptors (Lipinski definition) is 2. The first-order valence-electron chi connectivity index (χ1n) is 4.73. The highest BCUT2D eigenvalue weighted by Crippen LogP contribution is 2.37. The number of nitrogens with two attached hydrogens (primary N) is 1. The number of alkyl halides is 3. The molecule has 1 unspecified atom stereocenters. The van der Waals surface area contributed by atoms with Gasteiger partial charge in [-0.25, -0.2) is 8.78 Å². The number of hydrogen-bond donors (Lipinski definition) is 1. The molecule has 0 radical (unpaired) electrons. The molecule has 0 bridgehead atoms. The summed E-state index contributed by atoms with van der Waals surface area (Å²) in [5.74, 6) is -2.25. The van der Waals surface area contributed by atoms with E-state index in [1.54, 1.807) is 0 Å². The summed E-state index contributed by atoms with van der Waals surface area (Å²) in [5.41, 5.74) is 5.09. The molecule has 1 rings (SSSR count). The van der Waals surface area contributed by atoms with Crippen LogP contribution in [-0.4, -0.2) is 18.0 Å². The van der Waals surface area contributed by atoms with E-state index < -0.39 is 23.1 Å². The number of thioether (sulfide) groups is 1. The lowest BCUT2D eigenvalue weighted by Gasteiger charge is -2.19. The van der Waals surface area contributed by atoms with Crippen molar-refractivity contribution in [3.63, 3.8) is 0 Å². The monoisotopic (exact) mass is 271 g/mol. The predicted octanol–water partition coefficient (Wildman–Crippen LogP) is 3.34. The summed E-state index contributed by atoms with van der Waals surface area (Å²) >= 11 is 0.431. The molecule has 1 atom stereocenters. The Labute approximate surface area is 99.2 Å². The van der Waals surface area contributed by atoms with Crippen LogP contribution in [0.15, 0.2) is 23.1 Å². The van der Waals surface area contributed by atoms with Gasteiger partial charge in [-0.15, -0.1) is 11.8 Å². The molecule has 0 aliphatic carbocycles. The molecule has 0 saturated heterocycles. The molecule has 0 aromatic heterocycles. The van der Waals surface area contributed by atoms with E-state index in [0.29, 0.717) is 11.8 Å². The maximum atomic E-state index is 12.8. The SMILES string of the molecule is NCCC(Sc1ccc(F)c(F)c1)C(F)(F)F. The van der Waals surface area contributed by atoms with Crippen LogP contribution in [0.1, 0.15) is 6.42 Å². The second-order valence-electron chi connectivity index (χ2n) is 3.30. The molecular weight excluding hydrogens is 261 g/mol. The lowest BCUT2D eigenvalue weighted by molar-refractivity contribution is -0.129. The van der Waals surface area contributed by atoms with Crippen molar-refractivity contribution in [1.29, 1.82) is 0 Å². The third kappa shape index (κ3) is 4.16. The molecule has 96 valence electrons. The van der Waals surface area contributed by atoms with E-state index in [9.17, 15) is 22.0 Å². The van der Waals surface area contributed by atoms with E-state index in [1.165, 1.54) is 0 Å². The van der Waals surface area contributed by atoms with Crippen molar-refractivity contribution >= 4 is 11.8 Å². The van der Waals surface area contributed by atoms with Gasteiger partial charge in [-0.05, 0) is 31.2 Å². The average molecular weight is 271 g/mol. The predicted molar refractivity (Wildman–Crippen MR) is 55.7 cm³/mol. The molecule has 0 amide bonds. The zero-order valence-electron chi connectivity index (χ0n) is 8.60. The van der Waals surface area contributed by atoms with Gasteiger partial charge in [0.1, 0.15) is 5.25 Å². The molecule has 0 heterocycles. The van der Waals surface area contributed by atoms with Gasteiger partial charge >= 0.3 is 6.18 Å². The largest absolute Gasteiger partial charge is 0.400 e. The van der Waals surface area contributed by atoms with Crippen molar-refractivity contribution in [3.8, 4) is 0 Å². The Morgan fingerprint density at radius 2 is 1.82 bits per heavy atom. The number of benzene rings is 1. The average Bonchev–Trinajstić information content (AvgIpc) is 2.21. The fourth-order valence-electron chi connectivity index (χ4n) is 1.16. The van der Waals surface area contributed by atoms with Gasteiger partial charge < -0.3 is 5.73 Å². The van der Waals surface area contributed by atoms with E-state index in [2.05, 4.69) is 0 Å². The second-order valence-corrected chi connectivity index (χ2v) is 4.58. The van der Waals surface area contributed by atoms with Gasteiger partial charge in [0.05, 0.1) is 0 Å². The summed E-state index contributed by atoms with van der Waals surface area (Å²) in [5, 5.41) is -1.71. The zero-order chi connectivity index (χ0) is 13.1. The third-order valence-corrected chi connectivity index (χ3v) is 3.28. The number of rotatable bonds is 4. The molecule has 2 N–H and O–H groups in total.